The number of hydrogen-bond donors (Lipinski definition) is 0. The first-order chi connectivity index (χ1) is 9.07. The molecule has 0 bridgehead atoms. The van der Waals surface area contributed by atoms with Gasteiger partial charge in [0.2, 0.25) is 0 Å². The van der Waals surface area contributed by atoms with Crippen molar-refractivity contribution in [2.75, 3.05) is 0 Å². The Labute approximate surface area is 122 Å². The van der Waals surface area contributed by atoms with Crippen molar-refractivity contribution in [3.05, 3.63) is 12.2 Å². The van der Waals surface area contributed by atoms with Gasteiger partial charge in [-0.1, -0.05) is 12.2 Å². The molecule has 0 radical (unpaired) electrons. The summed E-state index contributed by atoms with van der Waals surface area (Å²) in [6.07, 6.45) is 4.85. The molecule has 1 saturated heterocycles. The van der Waals surface area contributed by atoms with Crippen LogP contribution in [0.5, 0.6) is 0 Å². The van der Waals surface area contributed by atoms with E-state index in [0.717, 1.165) is 0 Å². The molecule has 0 atom stereocenters. The van der Waals surface area contributed by atoms with Gasteiger partial charge in [-0.25, -0.2) is 0 Å². The molecule has 0 aromatic heterocycles. The van der Waals surface area contributed by atoms with E-state index in [1.165, 1.54) is 13.8 Å². The molecule has 20 heavy (non-hydrogen) atoms. The highest BCUT2D eigenvalue weighted by Gasteiger charge is 2.50. The smallest absolute Gasteiger partial charge is 0.403 e. The first kappa shape index (κ1) is 17.1. The van der Waals surface area contributed by atoms with Crippen molar-refractivity contribution in [1.82, 2.24) is 0 Å². The molecule has 1 heterocycles. The molecule has 1 fully saturated rings. The molecule has 4 nitrogen and oxygen atoms in total. The highest BCUT2D eigenvalue weighted by atomic mass is 16.7. The number of hydrogen-bond acceptors (Lipinski definition) is 4. The van der Waals surface area contributed by atoms with Crippen molar-refractivity contribution in [3.8, 4) is 0 Å². The monoisotopic (exact) mass is 280 g/mol. The lowest BCUT2D eigenvalue weighted by Gasteiger charge is -2.32. The van der Waals surface area contributed by atoms with Gasteiger partial charge in [0.15, 0.2) is 0 Å². The van der Waals surface area contributed by atoms with Crippen molar-refractivity contribution in [2.24, 2.45) is 5.92 Å². The van der Waals surface area contributed by atoms with Crippen LogP contribution in [-0.4, -0.2) is 29.9 Å². The third-order valence-electron chi connectivity index (χ3n) is 4.15. The van der Waals surface area contributed by atoms with Crippen LogP contribution in [0.3, 0.4) is 0 Å². The zero-order chi connectivity index (χ0) is 15.6. The van der Waals surface area contributed by atoms with E-state index < -0.39 is 5.92 Å². The fraction of sp³-hybridized carbons (Fsp3) is 0.733. The summed E-state index contributed by atoms with van der Waals surface area (Å²) >= 11 is 0. The highest BCUT2D eigenvalue weighted by Crippen LogP contribution is 2.37. The first-order valence-electron chi connectivity index (χ1n) is 7.08. The Morgan fingerprint density at radius 3 is 1.85 bits per heavy atom. The van der Waals surface area contributed by atoms with Crippen LogP contribution in [0.4, 0.5) is 0 Å². The van der Waals surface area contributed by atoms with Gasteiger partial charge in [-0.2, -0.15) is 0 Å². The van der Waals surface area contributed by atoms with E-state index in [2.05, 4.69) is 0 Å². The Kier molecular flexibility index (Phi) is 5.33. The molecule has 0 aliphatic carbocycles. The van der Waals surface area contributed by atoms with Crippen LogP contribution < -0.4 is 0 Å². The molecule has 112 valence electrons. The second kappa shape index (κ2) is 6.23. The molecule has 0 aromatic rings. The predicted molar refractivity (Wildman–Crippen MR) is 79.5 cm³/mol. The topological polar surface area (TPSA) is 52.6 Å². The molecule has 5 heteroatoms. The van der Waals surface area contributed by atoms with Gasteiger partial charge in [0.1, 0.15) is 11.6 Å². The molecule has 1 rings (SSSR count). The second-order valence-corrected chi connectivity index (χ2v) is 6.40. The molecule has 0 aromatic carbocycles. The fourth-order valence-corrected chi connectivity index (χ4v) is 2.12. The van der Waals surface area contributed by atoms with Gasteiger partial charge < -0.3 is 9.31 Å². The van der Waals surface area contributed by atoms with E-state index in [1.807, 2.05) is 39.8 Å². The quantitative estimate of drug-likeness (QED) is 0.426. The molecule has 0 amide bonds. The third-order valence-corrected chi connectivity index (χ3v) is 4.15. The minimum Gasteiger partial charge on any atom is -0.403 e. The fourth-order valence-electron chi connectivity index (χ4n) is 2.12. The molecule has 1 aliphatic rings. The zero-order valence-corrected chi connectivity index (χ0v) is 13.4. The molecule has 0 spiro atoms. The lowest BCUT2D eigenvalue weighted by molar-refractivity contribution is -0.130. The van der Waals surface area contributed by atoms with E-state index >= 15 is 0 Å². The first-order valence-corrected chi connectivity index (χ1v) is 7.08. The summed E-state index contributed by atoms with van der Waals surface area (Å²) in [5.74, 6) is -0.694. The summed E-state index contributed by atoms with van der Waals surface area (Å²) in [6.45, 7) is 11.0. The Bertz CT molecular complexity index is 382. The molecule has 0 saturated carbocycles. The van der Waals surface area contributed by atoms with Crippen LogP contribution >= 0.6 is 0 Å². The van der Waals surface area contributed by atoms with Crippen LogP contribution in [0.25, 0.3) is 0 Å². The van der Waals surface area contributed by atoms with E-state index in [9.17, 15) is 9.59 Å². The molecule has 0 N–H and O–H groups in total. The SMILES string of the molecule is CC(=O)C(CC=CCB1OC(C)(C)C(C)(C)O1)C(C)=O. The van der Waals surface area contributed by atoms with E-state index in [4.69, 9.17) is 9.31 Å². The number of Topliss-reactive ketones (excluding diaryl/α,β-unsaturated/α-hetero) is 2. The maximum Gasteiger partial charge on any atom is 0.461 e. The summed E-state index contributed by atoms with van der Waals surface area (Å²) in [5.41, 5.74) is -0.653. The largest absolute Gasteiger partial charge is 0.461 e. The van der Waals surface area contributed by atoms with Crippen molar-refractivity contribution in [2.45, 2.75) is 65.5 Å². The number of carbonyl (C=O) groups excluding carboxylic acids is 2. The van der Waals surface area contributed by atoms with Crippen molar-refractivity contribution < 1.29 is 18.9 Å². The van der Waals surface area contributed by atoms with Gasteiger partial charge in [0.25, 0.3) is 0 Å². The van der Waals surface area contributed by atoms with Gasteiger partial charge >= 0.3 is 7.12 Å². The standard InChI is InChI=1S/C15H25BO4/c1-11(17)13(12(2)18)9-7-8-10-16-19-14(3,4)15(5,6)20-16/h7-8,13H,9-10H2,1-6H3. The predicted octanol–water partition coefficient (Wildman–Crippen LogP) is 2.82. The number of carbonyl (C=O) groups is 2. The van der Waals surface area contributed by atoms with Crippen LogP contribution in [-0.2, 0) is 18.9 Å². The average molecular weight is 280 g/mol. The van der Waals surface area contributed by atoms with Crippen LogP contribution in [0, 0.1) is 5.92 Å². The number of allylic oxidation sites excluding steroid dienone is 2. The summed E-state index contributed by atoms with van der Waals surface area (Å²) in [5, 5.41) is 0. The van der Waals surface area contributed by atoms with Crippen LogP contribution in [0.1, 0.15) is 48.0 Å². The molecule has 1 aliphatic heterocycles. The van der Waals surface area contributed by atoms with Crippen molar-refractivity contribution >= 4 is 18.7 Å². The van der Waals surface area contributed by atoms with Gasteiger partial charge in [0, 0.05) is 6.32 Å². The minimum absolute atomic E-state index is 0.0854. The minimum atomic E-state index is -0.524. The van der Waals surface area contributed by atoms with E-state index in [1.54, 1.807) is 0 Å². The lowest BCUT2D eigenvalue weighted by atomic mass is 9.84. The number of rotatable bonds is 6. The number of ketones is 2. The summed E-state index contributed by atoms with van der Waals surface area (Å²) in [6, 6.07) is 0. The summed E-state index contributed by atoms with van der Waals surface area (Å²) in [4.78, 5) is 22.6. The maximum absolute atomic E-state index is 11.3. The molecular formula is C15H25BO4. The van der Waals surface area contributed by atoms with Gasteiger partial charge in [-0.3, -0.25) is 9.59 Å². The Balaban J connectivity index is 2.47. The van der Waals surface area contributed by atoms with Crippen LogP contribution in [0.15, 0.2) is 12.2 Å². The Morgan fingerprint density at radius 2 is 1.45 bits per heavy atom. The lowest BCUT2D eigenvalue weighted by Crippen LogP contribution is -2.41. The summed E-state index contributed by atoms with van der Waals surface area (Å²) in [7, 11) is -0.274. The molecule has 0 unspecified atom stereocenters. The third kappa shape index (κ3) is 4.03. The van der Waals surface area contributed by atoms with Gasteiger partial charge in [-0.15, -0.1) is 0 Å². The highest BCUT2D eigenvalue weighted by molar-refractivity contribution is 6.46. The zero-order valence-electron chi connectivity index (χ0n) is 13.4. The van der Waals surface area contributed by atoms with E-state index in [0.29, 0.717) is 12.7 Å². The summed E-state index contributed by atoms with van der Waals surface area (Å²) < 4.78 is 11.7. The normalized spacial score (nSPS) is 20.9. The Morgan fingerprint density at radius 1 is 1.00 bits per heavy atom. The van der Waals surface area contributed by atoms with Crippen molar-refractivity contribution in [1.29, 1.82) is 0 Å². The maximum atomic E-state index is 11.3. The Hall–Kier alpha value is -0.935. The van der Waals surface area contributed by atoms with Crippen molar-refractivity contribution in [3.63, 3.8) is 0 Å². The van der Waals surface area contributed by atoms with E-state index in [-0.39, 0.29) is 29.9 Å². The van der Waals surface area contributed by atoms with Gasteiger partial charge in [0.05, 0.1) is 17.1 Å². The average Bonchev–Trinajstić information content (AvgIpc) is 2.45. The molecular weight excluding hydrogens is 255 g/mol. The second-order valence-electron chi connectivity index (χ2n) is 6.40. The van der Waals surface area contributed by atoms with Gasteiger partial charge in [-0.05, 0) is 48.0 Å². The van der Waals surface area contributed by atoms with Crippen LogP contribution in [0.2, 0.25) is 6.32 Å².